The summed E-state index contributed by atoms with van der Waals surface area (Å²) in [6, 6.07) is 6.86. The second kappa shape index (κ2) is 7.37. The highest BCUT2D eigenvalue weighted by Crippen LogP contribution is 2.39. The van der Waals surface area contributed by atoms with E-state index >= 15 is 0 Å². The SMILES string of the molecule is Clc1ccc(NC2CCCCC2C2CCCCC2)cc1Br. The van der Waals surface area contributed by atoms with E-state index in [4.69, 9.17) is 11.6 Å². The van der Waals surface area contributed by atoms with Crippen LogP contribution in [0.3, 0.4) is 0 Å². The zero-order valence-corrected chi connectivity index (χ0v) is 14.9. The van der Waals surface area contributed by atoms with Gasteiger partial charge >= 0.3 is 0 Å². The molecule has 3 heteroatoms. The van der Waals surface area contributed by atoms with Gasteiger partial charge in [-0.05, 0) is 58.8 Å². The van der Waals surface area contributed by atoms with Crippen LogP contribution in [0.1, 0.15) is 57.8 Å². The summed E-state index contributed by atoms with van der Waals surface area (Å²) in [5.41, 5.74) is 1.21. The average molecular weight is 371 g/mol. The van der Waals surface area contributed by atoms with E-state index in [0.29, 0.717) is 6.04 Å². The zero-order valence-electron chi connectivity index (χ0n) is 12.6. The molecular formula is C18H25BrClN. The molecule has 2 atom stereocenters. The van der Waals surface area contributed by atoms with E-state index in [1.54, 1.807) is 0 Å². The molecular weight excluding hydrogens is 346 g/mol. The van der Waals surface area contributed by atoms with Crippen LogP contribution < -0.4 is 5.32 Å². The molecule has 21 heavy (non-hydrogen) atoms. The molecule has 1 aromatic rings. The van der Waals surface area contributed by atoms with Gasteiger partial charge in [0.1, 0.15) is 0 Å². The van der Waals surface area contributed by atoms with Crippen molar-refractivity contribution in [1.29, 1.82) is 0 Å². The molecule has 1 nitrogen and oxygen atoms in total. The minimum Gasteiger partial charge on any atom is -0.382 e. The maximum atomic E-state index is 6.10. The van der Waals surface area contributed by atoms with Crippen LogP contribution in [0.4, 0.5) is 5.69 Å². The van der Waals surface area contributed by atoms with E-state index < -0.39 is 0 Å². The van der Waals surface area contributed by atoms with E-state index in [1.165, 1.54) is 63.5 Å². The average Bonchev–Trinajstić information content (AvgIpc) is 2.52. The quantitative estimate of drug-likeness (QED) is 0.627. The highest BCUT2D eigenvalue weighted by molar-refractivity contribution is 9.10. The van der Waals surface area contributed by atoms with Crippen LogP contribution in [0.5, 0.6) is 0 Å². The van der Waals surface area contributed by atoms with Gasteiger partial charge in [0.05, 0.1) is 5.02 Å². The molecule has 116 valence electrons. The molecule has 2 aliphatic carbocycles. The van der Waals surface area contributed by atoms with Crippen LogP contribution in [-0.4, -0.2) is 6.04 Å². The molecule has 1 N–H and O–H groups in total. The molecule has 0 heterocycles. The minimum atomic E-state index is 0.648. The topological polar surface area (TPSA) is 12.0 Å². The maximum Gasteiger partial charge on any atom is 0.0549 e. The molecule has 1 aromatic carbocycles. The highest BCUT2D eigenvalue weighted by Gasteiger charge is 2.32. The number of benzene rings is 1. The first-order chi connectivity index (χ1) is 10.2. The Kier molecular flexibility index (Phi) is 5.50. The highest BCUT2D eigenvalue weighted by atomic mass is 79.9. The van der Waals surface area contributed by atoms with E-state index in [9.17, 15) is 0 Å². The van der Waals surface area contributed by atoms with Crippen LogP contribution in [-0.2, 0) is 0 Å². The van der Waals surface area contributed by atoms with Gasteiger partial charge in [-0.1, -0.05) is 56.5 Å². The molecule has 0 aliphatic heterocycles. The first-order valence-corrected chi connectivity index (χ1v) is 9.63. The largest absolute Gasteiger partial charge is 0.382 e. The molecule has 3 rings (SSSR count). The van der Waals surface area contributed by atoms with Gasteiger partial charge in [-0.2, -0.15) is 0 Å². The predicted molar refractivity (Wildman–Crippen MR) is 95.1 cm³/mol. The summed E-state index contributed by atoms with van der Waals surface area (Å²) in [5.74, 6) is 1.82. The lowest BCUT2D eigenvalue weighted by Gasteiger charge is -2.40. The molecule has 2 saturated carbocycles. The second-order valence-electron chi connectivity index (χ2n) is 6.73. The molecule has 0 amide bonds. The predicted octanol–water partition coefficient (Wildman–Crippen LogP) is 6.65. The van der Waals surface area contributed by atoms with E-state index in [-0.39, 0.29) is 0 Å². The lowest BCUT2D eigenvalue weighted by atomic mass is 9.71. The van der Waals surface area contributed by atoms with Gasteiger partial charge in [0.2, 0.25) is 0 Å². The Balaban J connectivity index is 1.69. The molecule has 0 bridgehead atoms. The monoisotopic (exact) mass is 369 g/mol. The van der Waals surface area contributed by atoms with Gasteiger partial charge in [-0.25, -0.2) is 0 Å². The van der Waals surface area contributed by atoms with Crippen molar-refractivity contribution in [2.75, 3.05) is 5.32 Å². The molecule has 0 radical (unpaired) electrons. The van der Waals surface area contributed by atoms with Crippen molar-refractivity contribution in [3.05, 3.63) is 27.7 Å². The lowest BCUT2D eigenvalue weighted by molar-refractivity contribution is 0.180. The Labute approximate surface area is 142 Å². The molecule has 2 fully saturated rings. The molecule has 0 aromatic heterocycles. The van der Waals surface area contributed by atoms with Crippen molar-refractivity contribution < 1.29 is 0 Å². The fourth-order valence-corrected chi connectivity index (χ4v) is 4.76. The first kappa shape index (κ1) is 15.7. The zero-order chi connectivity index (χ0) is 14.7. The Morgan fingerprint density at radius 1 is 0.952 bits per heavy atom. The number of halogens is 2. The smallest absolute Gasteiger partial charge is 0.0549 e. The number of nitrogens with one attached hydrogen (secondary N) is 1. The van der Waals surface area contributed by atoms with Crippen LogP contribution >= 0.6 is 27.5 Å². The van der Waals surface area contributed by atoms with E-state index in [0.717, 1.165) is 21.3 Å². The van der Waals surface area contributed by atoms with Gasteiger partial charge in [0.25, 0.3) is 0 Å². The lowest BCUT2D eigenvalue weighted by Crippen LogP contribution is -2.37. The van der Waals surface area contributed by atoms with Gasteiger partial charge in [0.15, 0.2) is 0 Å². The summed E-state index contributed by atoms with van der Waals surface area (Å²) in [4.78, 5) is 0. The summed E-state index contributed by atoms with van der Waals surface area (Å²) < 4.78 is 0.985. The third kappa shape index (κ3) is 3.96. The minimum absolute atomic E-state index is 0.648. The number of hydrogen-bond acceptors (Lipinski definition) is 1. The third-order valence-electron chi connectivity index (χ3n) is 5.35. The number of rotatable bonds is 3. The summed E-state index contributed by atoms with van der Waals surface area (Å²) in [6.45, 7) is 0. The maximum absolute atomic E-state index is 6.10. The molecule has 2 unspecified atom stereocenters. The van der Waals surface area contributed by atoms with E-state index in [2.05, 4.69) is 33.4 Å². The van der Waals surface area contributed by atoms with Gasteiger partial charge < -0.3 is 5.32 Å². The van der Waals surface area contributed by atoms with Gasteiger partial charge in [0, 0.05) is 16.2 Å². The van der Waals surface area contributed by atoms with Gasteiger partial charge in [-0.15, -0.1) is 0 Å². The molecule has 0 saturated heterocycles. The fourth-order valence-electron chi connectivity index (χ4n) is 4.27. The Bertz CT molecular complexity index is 470. The van der Waals surface area contributed by atoms with Crippen LogP contribution in [0.2, 0.25) is 5.02 Å². The van der Waals surface area contributed by atoms with Crippen LogP contribution in [0.25, 0.3) is 0 Å². The summed E-state index contributed by atoms with van der Waals surface area (Å²) in [6.07, 6.45) is 12.8. The first-order valence-electron chi connectivity index (χ1n) is 8.45. The Morgan fingerprint density at radius 3 is 2.43 bits per heavy atom. The van der Waals surface area contributed by atoms with Crippen LogP contribution in [0, 0.1) is 11.8 Å². The number of anilines is 1. The third-order valence-corrected chi connectivity index (χ3v) is 6.56. The van der Waals surface area contributed by atoms with Crippen molar-refractivity contribution in [2.45, 2.75) is 63.8 Å². The van der Waals surface area contributed by atoms with Gasteiger partial charge in [-0.3, -0.25) is 0 Å². The fraction of sp³-hybridized carbons (Fsp3) is 0.667. The molecule has 2 aliphatic rings. The van der Waals surface area contributed by atoms with Crippen molar-refractivity contribution >= 4 is 33.2 Å². The Morgan fingerprint density at radius 2 is 1.67 bits per heavy atom. The van der Waals surface area contributed by atoms with E-state index in [1.807, 2.05) is 6.07 Å². The standard InChI is InChI=1S/C18H25BrClN/c19-16-12-14(10-11-17(16)20)21-18-9-5-4-8-15(18)13-6-2-1-3-7-13/h10-13,15,18,21H,1-9H2. The molecule has 0 spiro atoms. The summed E-state index contributed by atoms with van der Waals surface area (Å²) in [5, 5.41) is 4.59. The number of hydrogen-bond donors (Lipinski definition) is 1. The van der Waals surface area contributed by atoms with Crippen molar-refractivity contribution in [3.8, 4) is 0 Å². The Hall–Kier alpha value is -0.210. The summed E-state index contributed by atoms with van der Waals surface area (Å²) >= 11 is 9.63. The normalized spacial score (nSPS) is 27.5. The summed E-state index contributed by atoms with van der Waals surface area (Å²) in [7, 11) is 0. The van der Waals surface area contributed by atoms with Crippen molar-refractivity contribution in [1.82, 2.24) is 0 Å². The van der Waals surface area contributed by atoms with Crippen molar-refractivity contribution in [2.24, 2.45) is 11.8 Å². The van der Waals surface area contributed by atoms with Crippen molar-refractivity contribution in [3.63, 3.8) is 0 Å². The second-order valence-corrected chi connectivity index (χ2v) is 7.99. The van der Waals surface area contributed by atoms with Crippen LogP contribution in [0.15, 0.2) is 22.7 Å².